The Labute approximate surface area is 148 Å². The van der Waals surface area contributed by atoms with Gasteiger partial charge in [0.1, 0.15) is 11.9 Å². The zero-order valence-electron chi connectivity index (χ0n) is 16.5. The Kier molecular flexibility index (Phi) is 6.36. The van der Waals surface area contributed by atoms with Crippen LogP contribution in [0.4, 0.5) is 0 Å². The molecule has 1 aliphatic rings. The Bertz CT molecular complexity index is 484. The minimum atomic E-state index is -0.0513. The maximum Gasteiger partial charge on any atom is 0.119 e. The summed E-state index contributed by atoms with van der Waals surface area (Å²) in [4.78, 5) is 0. The van der Waals surface area contributed by atoms with Crippen molar-refractivity contribution in [1.82, 2.24) is 0 Å². The highest BCUT2D eigenvalue weighted by Crippen LogP contribution is 2.31. The fourth-order valence-corrected chi connectivity index (χ4v) is 3.12. The SMILES string of the molecule is CC(C)(C)CCCCc1ccc(OC2CC(OC(C)(C)C)C2)cc1. The van der Waals surface area contributed by atoms with Gasteiger partial charge in [-0.2, -0.15) is 0 Å². The van der Waals surface area contributed by atoms with Crippen LogP contribution in [0.25, 0.3) is 0 Å². The average molecular weight is 333 g/mol. The van der Waals surface area contributed by atoms with Crippen molar-refractivity contribution in [3.8, 4) is 5.75 Å². The molecule has 0 bridgehead atoms. The summed E-state index contributed by atoms with van der Waals surface area (Å²) in [6.07, 6.45) is 7.73. The zero-order valence-corrected chi connectivity index (χ0v) is 16.5. The Morgan fingerprint density at radius 2 is 1.50 bits per heavy atom. The van der Waals surface area contributed by atoms with E-state index in [1.807, 2.05) is 0 Å². The van der Waals surface area contributed by atoms with Crippen molar-refractivity contribution in [2.24, 2.45) is 5.41 Å². The number of unbranched alkanes of at least 4 members (excludes halogenated alkanes) is 1. The molecule has 2 rings (SSSR count). The lowest BCUT2D eigenvalue weighted by Gasteiger charge is -2.39. The van der Waals surface area contributed by atoms with E-state index in [0.29, 0.717) is 17.6 Å². The second kappa shape index (κ2) is 7.91. The number of aryl methyl sites for hydroxylation is 1. The average Bonchev–Trinajstić information content (AvgIpc) is 2.40. The smallest absolute Gasteiger partial charge is 0.119 e. The van der Waals surface area contributed by atoms with Gasteiger partial charge in [-0.3, -0.25) is 0 Å². The third-order valence-corrected chi connectivity index (χ3v) is 4.44. The maximum absolute atomic E-state index is 6.04. The van der Waals surface area contributed by atoms with Gasteiger partial charge in [0.2, 0.25) is 0 Å². The van der Waals surface area contributed by atoms with Gasteiger partial charge >= 0.3 is 0 Å². The molecule has 1 aromatic rings. The number of benzene rings is 1. The summed E-state index contributed by atoms with van der Waals surface area (Å²) < 4.78 is 12.0. The molecule has 2 nitrogen and oxygen atoms in total. The molecule has 2 heteroatoms. The summed E-state index contributed by atoms with van der Waals surface area (Å²) in [6.45, 7) is 13.3. The Balaban J connectivity index is 1.66. The van der Waals surface area contributed by atoms with Crippen LogP contribution in [0.3, 0.4) is 0 Å². The molecule has 1 fully saturated rings. The van der Waals surface area contributed by atoms with Gasteiger partial charge < -0.3 is 9.47 Å². The van der Waals surface area contributed by atoms with E-state index in [9.17, 15) is 0 Å². The molecular formula is C22H36O2. The van der Waals surface area contributed by atoms with Crippen molar-refractivity contribution in [2.45, 2.75) is 97.9 Å². The van der Waals surface area contributed by atoms with Crippen LogP contribution in [0.5, 0.6) is 5.75 Å². The predicted molar refractivity (Wildman–Crippen MR) is 102 cm³/mol. The van der Waals surface area contributed by atoms with E-state index >= 15 is 0 Å². The summed E-state index contributed by atoms with van der Waals surface area (Å²) in [7, 11) is 0. The van der Waals surface area contributed by atoms with Gasteiger partial charge in [-0.05, 0) is 63.1 Å². The third kappa shape index (κ3) is 7.25. The Morgan fingerprint density at radius 3 is 2.04 bits per heavy atom. The van der Waals surface area contributed by atoms with Crippen molar-refractivity contribution in [1.29, 1.82) is 0 Å². The summed E-state index contributed by atoms with van der Waals surface area (Å²) >= 11 is 0. The van der Waals surface area contributed by atoms with E-state index in [1.54, 1.807) is 0 Å². The van der Waals surface area contributed by atoms with Crippen molar-refractivity contribution in [3.05, 3.63) is 29.8 Å². The van der Waals surface area contributed by atoms with Gasteiger partial charge in [0.25, 0.3) is 0 Å². The quantitative estimate of drug-likeness (QED) is 0.556. The predicted octanol–water partition coefficient (Wildman–Crippen LogP) is 6.17. The van der Waals surface area contributed by atoms with Gasteiger partial charge in [-0.1, -0.05) is 39.3 Å². The molecule has 1 aromatic carbocycles. The molecule has 0 amide bonds. The Morgan fingerprint density at radius 1 is 0.875 bits per heavy atom. The molecule has 0 saturated heterocycles. The highest BCUT2D eigenvalue weighted by Gasteiger charge is 2.34. The van der Waals surface area contributed by atoms with E-state index < -0.39 is 0 Å². The van der Waals surface area contributed by atoms with E-state index in [-0.39, 0.29) is 5.60 Å². The molecule has 136 valence electrons. The molecule has 0 radical (unpaired) electrons. The zero-order chi connectivity index (χ0) is 17.8. The highest BCUT2D eigenvalue weighted by molar-refractivity contribution is 5.27. The molecule has 0 heterocycles. The van der Waals surface area contributed by atoms with E-state index in [0.717, 1.165) is 18.6 Å². The minimum Gasteiger partial charge on any atom is -0.490 e. The molecular weight excluding hydrogens is 296 g/mol. The molecule has 0 aliphatic heterocycles. The van der Waals surface area contributed by atoms with Crippen molar-refractivity contribution in [3.63, 3.8) is 0 Å². The number of rotatable bonds is 7. The normalized spacial score (nSPS) is 21.4. The standard InChI is InChI=1S/C22H36O2/c1-21(2,3)14-8-7-9-17-10-12-18(13-11-17)23-19-15-20(16-19)24-22(4,5)6/h10-13,19-20H,7-9,14-16H2,1-6H3. The maximum atomic E-state index is 6.04. The lowest BCUT2D eigenvalue weighted by Crippen LogP contribution is -2.43. The van der Waals surface area contributed by atoms with Gasteiger partial charge in [0.05, 0.1) is 11.7 Å². The summed E-state index contributed by atoms with van der Waals surface area (Å²) in [5.74, 6) is 0.993. The fraction of sp³-hybridized carbons (Fsp3) is 0.727. The van der Waals surface area contributed by atoms with E-state index in [4.69, 9.17) is 9.47 Å². The number of hydrogen-bond acceptors (Lipinski definition) is 2. The van der Waals surface area contributed by atoms with Crippen LogP contribution in [0.2, 0.25) is 0 Å². The van der Waals surface area contributed by atoms with Crippen molar-refractivity contribution < 1.29 is 9.47 Å². The first kappa shape index (κ1) is 19.3. The summed E-state index contributed by atoms with van der Waals surface area (Å²) in [5, 5.41) is 0. The largest absolute Gasteiger partial charge is 0.490 e. The monoisotopic (exact) mass is 332 g/mol. The lowest BCUT2D eigenvalue weighted by atomic mass is 9.89. The molecule has 0 atom stereocenters. The number of hydrogen-bond donors (Lipinski definition) is 0. The van der Waals surface area contributed by atoms with E-state index in [1.165, 1.54) is 31.2 Å². The molecule has 0 spiro atoms. The highest BCUT2D eigenvalue weighted by atomic mass is 16.5. The topological polar surface area (TPSA) is 18.5 Å². The van der Waals surface area contributed by atoms with Crippen LogP contribution in [0.1, 0.15) is 79.2 Å². The second-order valence-electron chi connectivity index (χ2n) is 9.48. The van der Waals surface area contributed by atoms with Crippen LogP contribution in [-0.2, 0) is 11.2 Å². The van der Waals surface area contributed by atoms with Crippen molar-refractivity contribution >= 4 is 0 Å². The third-order valence-electron chi connectivity index (χ3n) is 4.44. The van der Waals surface area contributed by atoms with Crippen LogP contribution < -0.4 is 4.74 Å². The van der Waals surface area contributed by atoms with Gasteiger partial charge in [-0.25, -0.2) is 0 Å². The van der Waals surface area contributed by atoms with Crippen molar-refractivity contribution in [2.75, 3.05) is 0 Å². The lowest BCUT2D eigenvalue weighted by molar-refractivity contribution is -0.126. The van der Waals surface area contributed by atoms with Gasteiger partial charge in [0, 0.05) is 12.8 Å². The molecule has 0 N–H and O–H groups in total. The summed E-state index contributed by atoms with van der Waals surface area (Å²) in [6, 6.07) is 8.68. The Hall–Kier alpha value is -1.02. The van der Waals surface area contributed by atoms with Gasteiger partial charge in [-0.15, -0.1) is 0 Å². The first-order valence-corrected chi connectivity index (χ1v) is 9.54. The van der Waals surface area contributed by atoms with E-state index in [2.05, 4.69) is 65.8 Å². The first-order chi connectivity index (χ1) is 11.1. The van der Waals surface area contributed by atoms with Crippen LogP contribution in [0, 0.1) is 5.41 Å². The number of ether oxygens (including phenoxy) is 2. The van der Waals surface area contributed by atoms with Crippen LogP contribution in [-0.4, -0.2) is 17.8 Å². The van der Waals surface area contributed by atoms with Crippen LogP contribution >= 0.6 is 0 Å². The second-order valence-corrected chi connectivity index (χ2v) is 9.48. The minimum absolute atomic E-state index is 0.0513. The fourth-order valence-electron chi connectivity index (χ4n) is 3.12. The van der Waals surface area contributed by atoms with Gasteiger partial charge in [0.15, 0.2) is 0 Å². The molecule has 1 saturated carbocycles. The van der Waals surface area contributed by atoms with Crippen LogP contribution in [0.15, 0.2) is 24.3 Å². The molecule has 1 aliphatic carbocycles. The first-order valence-electron chi connectivity index (χ1n) is 9.54. The molecule has 24 heavy (non-hydrogen) atoms. The summed E-state index contributed by atoms with van der Waals surface area (Å²) in [5.41, 5.74) is 1.82. The molecule has 0 aromatic heterocycles. The molecule has 0 unspecified atom stereocenters.